The molecule has 0 spiro atoms. The Bertz CT molecular complexity index is 938. The minimum absolute atomic E-state index is 0.234. The van der Waals surface area contributed by atoms with E-state index < -0.39 is 16.1 Å². The molecule has 0 saturated carbocycles. The summed E-state index contributed by atoms with van der Waals surface area (Å²) in [5.41, 5.74) is 2.95. The average molecular weight is 420 g/mol. The fraction of sp³-hybridized carbons (Fsp3) is 0.455. The molecule has 1 atom stereocenters. The van der Waals surface area contributed by atoms with E-state index in [2.05, 4.69) is 0 Å². The minimum Gasteiger partial charge on any atom is -0.491 e. The number of hydrogen-bond acceptors (Lipinski definition) is 4. The SMILES string of the molecule is Cc1cccc(OC[C@H](O)C[NH+]2CCN(S(=O)(=O)c3ccc(C)cc3C)CC2)c1. The molecule has 2 aromatic carbocycles. The van der Waals surface area contributed by atoms with Crippen molar-refractivity contribution < 1.29 is 23.2 Å². The lowest BCUT2D eigenvalue weighted by atomic mass is 10.2. The van der Waals surface area contributed by atoms with Crippen LogP contribution in [0.5, 0.6) is 5.75 Å². The summed E-state index contributed by atoms with van der Waals surface area (Å²) in [5, 5.41) is 10.3. The maximum atomic E-state index is 13.0. The lowest BCUT2D eigenvalue weighted by Crippen LogP contribution is -3.15. The molecule has 0 bridgehead atoms. The summed E-state index contributed by atoms with van der Waals surface area (Å²) < 4.78 is 33.2. The Balaban J connectivity index is 1.50. The van der Waals surface area contributed by atoms with Crippen molar-refractivity contribution >= 4 is 10.0 Å². The van der Waals surface area contributed by atoms with Crippen LogP contribution in [0.3, 0.4) is 0 Å². The standard InChI is InChI=1S/C22H30N2O4S/c1-17-5-4-6-21(14-17)28-16-20(25)15-23-9-11-24(12-10-23)29(26,27)22-8-7-18(2)13-19(22)3/h4-8,13-14,20,25H,9-12,15-16H2,1-3H3/p+1/t20-/m1/s1. The molecule has 0 aromatic heterocycles. The number of aryl methyl sites for hydroxylation is 3. The number of hydrogen-bond donors (Lipinski definition) is 2. The number of rotatable bonds is 7. The van der Waals surface area contributed by atoms with Gasteiger partial charge in [0.15, 0.2) is 0 Å². The van der Waals surface area contributed by atoms with E-state index in [9.17, 15) is 13.5 Å². The Morgan fingerprint density at radius 2 is 1.76 bits per heavy atom. The number of quaternary nitrogens is 1. The van der Waals surface area contributed by atoms with Crippen molar-refractivity contribution in [3.05, 3.63) is 59.2 Å². The molecule has 0 aliphatic carbocycles. The third-order valence-electron chi connectivity index (χ3n) is 5.33. The van der Waals surface area contributed by atoms with Gasteiger partial charge in [-0.1, -0.05) is 29.8 Å². The van der Waals surface area contributed by atoms with Crippen LogP contribution in [-0.2, 0) is 10.0 Å². The highest BCUT2D eigenvalue weighted by Crippen LogP contribution is 2.21. The monoisotopic (exact) mass is 419 g/mol. The first-order valence-electron chi connectivity index (χ1n) is 10.0. The molecule has 0 amide bonds. The second kappa shape index (κ2) is 9.26. The van der Waals surface area contributed by atoms with E-state index in [-0.39, 0.29) is 6.61 Å². The molecule has 1 aliphatic rings. The van der Waals surface area contributed by atoms with E-state index in [1.807, 2.05) is 57.2 Å². The lowest BCUT2D eigenvalue weighted by molar-refractivity contribution is -0.906. The molecule has 0 radical (unpaired) electrons. The maximum absolute atomic E-state index is 13.0. The van der Waals surface area contributed by atoms with Gasteiger partial charge in [-0.3, -0.25) is 0 Å². The smallest absolute Gasteiger partial charge is 0.243 e. The van der Waals surface area contributed by atoms with Gasteiger partial charge in [0.2, 0.25) is 10.0 Å². The Labute approximate surface area is 173 Å². The molecule has 6 nitrogen and oxygen atoms in total. The highest BCUT2D eigenvalue weighted by molar-refractivity contribution is 7.89. The second-order valence-electron chi connectivity index (χ2n) is 7.91. The van der Waals surface area contributed by atoms with Gasteiger partial charge in [0, 0.05) is 0 Å². The molecule has 3 rings (SSSR count). The van der Waals surface area contributed by atoms with Gasteiger partial charge < -0.3 is 14.7 Å². The van der Waals surface area contributed by atoms with E-state index in [4.69, 9.17) is 4.74 Å². The Morgan fingerprint density at radius 1 is 1.07 bits per heavy atom. The second-order valence-corrected chi connectivity index (χ2v) is 9.81. The van der Waals surface area contributed by atoms with E-state index in [1.54, 1.807) is 10.4 Å². The molecule has 1 heterocycles. The van der Waals surface area contributed by atoms with Gasteiger partial charge >= 0.3 is 0 Å². The number of nitrogens with zero attached hydrogens (tertiary/aromatic N) is 1. The first-order chi connectivity index (χ1) is 13.8. The molecular formula is C22H31N2O4S+. The predicted molar refractivity (Wildman–Crippen MR) is 113 cm³/mol. The van der Waals surface area contributed by atoms with Crippen LogP contribution in [0.4, 0.5) is 0 Å². The number of benzene rings is 2. The normalized spacial score (nSPS) is 17.2. The molecule has 29 heavy (non-hydrogen) atoms. The zero-order chi connectivity index (χ0) is 21.0. The highest BCUT2D eigenvalue weighted by Gasteiger charge is 2.32. The zero-order valence-corrected chi connectivity index (χ0v) is 18.2. The van der Waals surface area contributed by atoms with Crippen LogP contribution in [-0.4, -0.2) is 63.3 Å². The largest absolute Gasteiger partial charge is 0.491 e. The van der Waals surface area contributed by atoms with Crippen LogP contribution in [0.25, 0.3) is 0 Å². The number of nitrogens with one attached hydrogen (secondary N) is 1. The molecular weight excluding hydrogens is 388 g/mol. The summed E-state index contributed by atoms with van der Waals surface area (Å²) in [6.07, 6.45) is -0.590. The van der Waals surface area contributed by atoms with Crippen LogP contribution in [0.2, 0.25) is 0 Å². The number of sulfonamides is 1. The third-order valence-corrected chi connectivity index (χ3v) is 7.39. The number of ether oxygens (including phenoxy) is 1. The van der Waals surface area contributed by atoms with Crippen LogP contribution in [0.1, 0.15) is 16.7 Å². The van der Waals surface area contributed by atoms with Gasteiger partial charge in [-0.2, -0.15) is 4.31 Å². The van der Waals surface area contributed by atoms with Gasteiger partial charge in [-0.15, -0.1) is 0 Å². The molecule has 1 saturated heterocycles. The van der Waals surface area contributed by atoms with Crippen molar-refractivity contribution in [3.63, 3.8) is 0 Å². The van der Waals surface area contributed by atoms with E-state index in [1.165, 1.54) is 4.90 Å². The highest BCUT2D eigenvalue weighted by atomic mass is 32.2. The van der Waals surface area contributed by atoms with Crippen LogP contribution < -0.4 is 9.64 Å². The number of aliphatic hydroxyl groups excluding tert-OH is 1. The van der Waals surface area contributed by atoms with Crippen LogP contribution in [0, 0.1) is 20.8 Å². The van der Waals surface area contributed by atoms with Gasteiger partial charge in [0.25, 0.3) is 0 Å². The molecule has 0 unspecified atom stereocenters. The van der Waals surface area contributed by atoms with Gasteiger partial charge in [0.05, 0.1) is 31.1 Å². The van der Waals surface area contributed by atoms with E-state index in [0.717, 1.165) is 22.4 Å². The van der Waals surface area contributed by atoms with Gasteiger partial charge in [-0.25, -0.2) is 8.42 Å². The summed E-state index contributed by atoms with van der Waals surface area (Å²) in [4.78, 5) is 1.58. The van der Waals surface area contributed by atoms with Crippen molar-refractivity contribution in [1.29, 1.82) is 0 Å². The van der Waals surface area contributed by atoms with Gasteiger partial charge in [0.1, 0.15) is 25.0 Å². The molecule has 2 N–H and O–H groups in total. The molecule has 1 fully saturated rings. The summed E-state index contributed by atoms with van der Waals surface area (Å²) in [7, 11) is -3.48. The molecule has 2 aromatic rings. The Hall–Kier alpha value is -1.93. The van der Waals surface area contributed by atoms with Crippen molar-refractivity contribution in [1.82, 2.24) is 4.31 Å². The average Bonchev–Trinajstić information content (AvgIpc) is 2.66. The van der Waals surface area contributed by atoms with Crippen LogP contribution in [0.15, 0.2) is 47.4 Å². The fourth-order valence-corrected chi connectivity index (χ4v) is 5.41. The summed E-state index contributed by atoms with van der Waals surface area (Å²) in [5.74, 6) is 0.753. The molecule has 7 heteroatoms. The first-order valence-corrected chi connectivity index (χ1v) is 11.5. The quantitative estimate of drug-likeness (QED) is 0.701. The van der Waals surface area contributed by atoms with Gasteiger partial charge in [-0.05, 0) is 50.1 Å². The predicted octanol–water partition coefficient (Wildman–Crippen LogP) is 0.941. The number of aliphatic hydroxyl groups is 1. The minimum atomic E-state index is -3.48. The fourth-order valence-electron chi connectivity index (χ4n) is 3.76. The molecule has 1 aliphatic heterocycles. The third kappa shape index (κ3) is 5.57. The van der Waals surface area contributed by atoms with E-state index in [0.29, 0.717) is 37.6 Å². The molecule has 158 valence electrons. The van der Waals surface area contributed by atoms with Crippen molar-refractivity contribution in [2.45, 2.75) is 31.8 Å². The first kappa shape index (κ1) is 21.8. The lowest BCUT2D eigenvalue weighted by Gasteiger charge is -2.32. The van der Waals surface area contributed by atoms with Crippen LogP contribution >= 0.6 is 0 Å². The van der Waals surface area contributed by atoms with E-state index >= 15 is 0 Å². The maximum Gasteiger partial charge on any atom is 0.243 e. The summed E-state index contributed by atoms with van der Waals surface area (Å²) in [6.45, 7) is 8.83. The number of piperazine rings is 1. The van der Waals surface area contributed by atoms with Crippen molar-refractivity contribution in [2.75, 3.05) is 39.3 Å². The summed E-state index contributed by atoms with van der Waals surface area (Å²) >= 11 is 0. The zero-order valence-electron chi connectivity index (χ0n) is 17.4. The summed E-state index contributed by atoms with van der Waals surface area (Å²) in [6, 6.07) is 13.2. The topological polar surface area (TPSA) is 71.3 Å². The Morgan fingerprint density at radius 3 is 2.41 bits per heavy atom. The van der Waals surface area contributed by atoms with Crippen molar-refractivity contribution in [3.8, 4) is 5.75 Å². The van der Waals surface area contributed by atoms with Crippen molar-refractivity contribution in [2.24, 2.45) is 0 Å². The Kier molecular flexibility index (Phi) is 6.95.